The normalized spacial score (nSPS) is 12.7. The molecule has 4 nitrogen and oxygen atoms in total. The van der Waals surface area contributed by atoms with Gasteiger partial charge in [0.15, 0.2) is 0 Å². The van der Waals surface area contributed by atoms with Crippen LogP contribution in [0, 0.1) is 0 Å². The van der Waals surface area contributed by atoms with Crippen LogP contribution in [0.25, 0.3) is 0 Å². The number of halogens is 1. The Morgan fingerprint density at radius 3 is 2.70 bits per heavy atom. The smallest absolute Gasteiger partial charge is 0.119 e. The van der Waals surface area contributed by atoms with Crippen LogP contribution in [0.5, 0.6) is 5.75 Å². The molecule has 0 radical (unpaired) electrons. The number of methoxy groups -OCH3 is 1. The fourth-order valence-electron chi connectivity index (χ4n) is 2.31. The van der Waals surface area contributed by atoms with E-state index in [4.69, 9.17) is 16.3 Å². The van der Waals surface area contributed by atoms with Gasteiger partial charge < -0.3 is 10.1 Å². The number of aromatic nitrogens is 2. The van der Waals surface area contributed by atoms with Crippen LogP contribution < -0.4 is 10.1 Å². The number of rotatable bonds is 5. The Hall–Kier alpha value is -1.52. The minimum Gasteiger partial charge on any atom is -0.497 e. The molecule has 0 amide bonds. The van der Waals surface area contributed by atoms with Crippen LogP contribution in [0.1, 0.15) is 37.2 Å². The molecule has 0 saturated carbocycles. The van der Waals surface area contributed by atoms with Crippen LogP contribution in [0.2, 0.25) is 5.02 Å². The maximum Gasteiger partial charge on any atom is 0.119 e. The standard InChI is InChI=1S/C15H20ClN3O/c1-10(2)19-15(13(16)9-18-19)14(17-3)11-6-5-7-12(8-11)20-4/h5-10,14,17H,1-4H3. The molecule has 0 aliphatic heterocycles. The summed E-state index contributed by atoms with van der Waals surface area (Å²) in [6.07, 6.45) is 1.70. The lowest BCUT2D eigenvalue weighted by molar-refractivity contribution is 0.413. The zero-order chi connectivity index (χ0) is 14.7. The van der Waals surface area contributed by atoms with Gasteiger partial charge >= 0.3 is 0 Å². The quantitative estimate of drug-likeness (QED) is 0.918. The maximum absolute atomic E-state index is 6.33. The second-order valence-corrected chi connectivity index (χ2v) is 5.32. The molecule has 1 aromatic heterocycles. The number of hydrogen-bond acceptors (Lipinski definition) is 3. The molecule has 0 aliphatic carbocycles. The van der Waals surface area contributed by atoms with Crippen molar-refractivity contribution in [3.05, 3.63) is 46.7 Å². The molecular weight excluding hydrogens is 274 g/mol. The van der Waals surface area contributed by atoms with Crippen LogP contribution >= 0.6 is 11.6 Å². The highest BCUT2D eigenvalue weighted by atomic mass is 35.5. The summed E-state index contributed by atoms with van der Waals surface area (Å²) in [6.45, 7) is 4.18. The van der Waals surface area contributed by atoms with Crippen molar-refractivity contribution in [1.82, 2.24) is 15.1 Å². The lowest BCUT2D eigenvalue weighted by Crippen LogP contribution is -2.22. The number of nitrogens with zero attached hydrogens (tertiary/aromatic N) is 2. The molecule has 20 heavy (non-hydrogen) atoms. The number of ether oxygens (including phenoxy) is 1. The molecule has 1 aromatic carbocycles. The summed E-state index contributed by atoms with van der Waals surface area (Å²) in [5, 5.41) is 8.34. The van der Waals surface area contributed by atoms with E-state index in [0.29, 0.717) is 5.02 Å². The molecule has 1 atom stereocenters. The van der Waals surface area contributed by atoms with Gasteiger partial charge in [-0.1, -0.05) is 23.7 Å². The van der Waals surface area contributed by atoms with Crippen molar-refractivity contribution in [2.45, 2.75) is 25.9 Å². The number of nitrogens with one attached hydrogen (secondary N) is 1. The Kier molecular flexibility index (Phi) is 4.68. The molecular formula is C15H20ClN3O. The molecule has 2 rings (SSSR count). The average molecular weight is 294 g/mol. The van der Waals surface area contributed by atoms with E-state index in [1.165, 1.54) is 0 Å². The SMILES string of the molecule is CNC(c1cccc(OC)c1)c1c(Cl)cnn1C(C)C. The molecule has 1 unspecified atom stereocenters. The second kappa shape index (κ2) is 6.29. The van der Waals surface area contributed by atoms with Gasteiger partial charge in [0, 0.05) is 6.04 Å². The molecule has 0 saturated heterocycles. The molecule has 0 spiro atoms. The van der Waals surface area contributed by atoms with E-state index in [0.717, 1.165) is 17.0 Å². The first kappa shape index (κ1) is 14.9. The van der Waals surface area contributed by atoms with E-state index in [-0.39, 0.29) is 12.1 Å². The van der Waals surface area contributed by atoms with Gasteiger partial charge in [-0.25, -0.2) is 0 Å². The molecule has 2 aromatic rings. The Morgan fingerprint density at radius 1 is 1.35 bits per heavy atom. The Labute approximate surface area is 124 Å². The van der Waals surface area contributed by atoms with Gasteiger partial charge in [0.05, 0.1) is 30.1 Å². The summed E-state index contributed by atoms with van der Waals surface area (Å²) in [5.74, 6) is 0.828. The third-order valence-electron chi connectivity index (χ3n) is 3.27. The van der Waals surface area contributed by atoms with Crippen LogP contribution in [0.4, 0.5) is 0 Å². The lowest BCUT2D eigenvalue weighted by Gasteiger charge is -2.21. The zero-order valence-electron chi connectivity index (χ0n) is 12.2. The summed E-state index contributed by atoms with van der Waals surface area (Å²) in [5.41, 5.74) is 2.06. The maximum atomic E-state index is 6.33. The van der Waals surface area contributed by atoms with Gasteiger partial charge in [0.2, 0.25) is 0 Å². The van der Waals surface area contributed by atoms with Crippen molar-refractivity contribution in [3.63, 3.8) is 0 Å². The van der Waals surface area contributed by atoms with E-state index in [1.807, 2.05) is 29.9 Å². The van der Waals surface area contributed by atoms with Gasteiger partial charge in [-0.3, -0.25) is 4.68 Å². The van der Waals surface area contributed by atoms with Gasteiger partial charge in [-0.2, -0.15) is 5.10 Å². The van der Waals surface area contributed by atoms with Gasteiger partial charge in [0.25, 0.3) is 0 Å². The van der Waals surface area contributed by atoms with Crippen LogP contribution in [0.3, 0.4) is 0 Å². The highest BCUT2D eigenvalue weighted by Gasteiger charge is 2.22. The first-order valence-corrected chi connectivity index (χ1v) is 7.00. The third-order valence-corrected chi connectivity index (χ3v) is 3.56. The van der Waals surface area contributed by atoms with Crippen LogP contribution in [-0.2, 0) is 0 Å². The summed E-state index contributed by atoms with van der Waals surface area (Å²) in [4.78, 5) is 0. The molecule has 0 bridgehead atoms. The highest BCUT2D eigenvalue weighted by molar-refractivity contribution is 6.31. The lowest BCUT2D eigenvalue weighted by atomic mass is 10.0. The minimum absolute atomic E-state index is 0.0255. The summed E-state index contributed by atoms with van der Waals surface area (Å²) in [6, 6.07) is 8.19. The Morgan fingerprint density at radius 2 is 2.10 bits per heavy atom. The predicted molar refractivity (Wildman–Crippen MR) is 81.5 cm³/mol. The predicted octanol–water partition coefficient (Wildman–Crippen LogP) is 3.43. The van der Waals surface area contributed by atoms with Gasteiger partial charge in [0.1, 0.15) is 5.75 Å². The van der Waals surface area contributed by atoms with Crippen molar-refractivity contribution in [2.24, 2.45) is 0 Å². The van der Waals surface area contributed by atoms with E-state index < -0.39 is 0 Å². The van der Waals surface area contributed by atoms with E-state index in [1.54, 1.807) is 13.3 Å². The fraction of sp³-hybridized carbons (Fsp3) is 0.400. The van der Waals surface area contributed by atoms with Gasteiger partial charge in [-0.05, 0) is 38.6 Å². The second-order valence-electron chi connectivity index (χ2n) is 4.91. The summed E-state index contributed by atoms with van der Waals surface area (Å²) >= 11 is 6.33. The summed E-state index contributed by atoms with van der Waals surface area (Å²) in [7, 11) is 3.58. The molecule has 1 N–H and O–H groups in total. The van der Waals surface area contributed by atoms with Crippen molar-refractivity contribution in [1.29, 1.82) is 0 Å². The van der Waals surface area contributed by atoms with Crippen molar-refractivity contribution >= 4 is 11.6 Å². The largest absolute Gasteiger partial charge is 0.497 e. The van der Waals surface area contributed by atoms with Crippen LogP contribution in [0.15, 0.2) is 30.5 Å². The molecule has 0 aliphatic rings. The minimum atomic E-state index is -0.0255. The van der Waals surface area contributed by atoms with Crippen molar-refractivity contribution < 1.29 is 4.74 Å². The van der Waals surface area contributed by atoms with Crippen LogP contribution in [-0.4, -0.2) is 23.9 Å². The monoisotopic (exact) mass is 293 g/mol. The Bertz CT molecular complexity index is 580. The molecule has 5 heteroatoms. The van der Waals surface area contributed by atoms with Gasteiger partial charge in [-0.15, -0.1) is 0 Å². The fourth-order valence-corrected chi connectivity index (χ4v) is 2.55. The first-order chi connectivity index (χ1) is 9.58. The number of benzene rings is 1. The highest BCUT2D eigenvalue weighted by Crippen LogP contribution is 2.31. The number of hydrogen-bond donors (Lipinski definition) is 1. The van der Waals surface area contributed by atoms with E-state index in [2.05, 4.69) is 30.3 Å². The first-order valence-electron chi connectivity index (χ1n) is 6.62. The Balaban J connectivity index is 2.49. The van der Waals surface area contributed by atoms with E-state index in [9.17, 15) is 0 Å². The van der Waals surface area contributed by atoms with Crippen molar-refractivity contribution in [2.75, 3.05) is 14.2 Å². The average Bonchev–Trinajstić information content (AvgIpc) is 2.82. The molecule has 108 valence electrons. The molecule has 0 fully saturated rings. The zero-order valence-corrected chi connectivity index (χ0v) is 13.0. The topological polar surface area (TPSA) is 39.1 Å². The van der Waals surface area contributed by atoms with Crippen molar-refractivity contribution in [3.8, 4) is 5.75 Å². The van der Waals surface area contributed by atoms with E-state index >= 15 is 0 Å². The summed E-state index contributed by atoms with van der Waals surface area (Å²) < 4.78 is 7.24. The molecule has 1 heterocycles. The third kappa shape index (κ3) is 2.81.